The highest BCUT2D eigenvalue weighted by Crippen LogP contribution is 2.30. The summed E-state index contributed by atoms with van der Waals surface area (Å²) in [5, 5.41) is 22.2. The summed E-state index contributed by atoms with van der Waals surface area (Å²) in [6, 6.07) is 4.01. The first-order chi connectivity index (χ1) is 20.5. The van der Waals surface area contributed by atoms with Crippen LogP contribution >= 0.6 is 0 Å². The third-order valence-corrected chi connectivity index (χ3v) is 8.21. The van der Waals surface area contributed by atoms with Gasteiger partial charge < -0.3 is 38.8 Å². The van der Waals surface area contributed by atoms with E-state index < -0.39 is 12.2 Å². The third kappa shape index (κ3) is 4.83. The number of aromatic amines is 2. The molecule has 2 aliphatic rings. The summed E-state index contributed by atoms with van der Waals surface area (Å²) in [5.41, 5.74) is 5.36. The highest BCUT2D eigenvalue weighted by Gasteiger charge is 2.24. The van der Waals surface area contributed by atoms with Gasteiger partial charge in [-0.15, -0.1) is 0 Å². The predicted octanol–water partition coefficient (Wildman–Crippen LogP) is 4.29. The molecule has 0 bridgehead atoms. The summed E-state index contributed by atoms with van der Waals surface area (Å²) in [4.78, 5) is 24.1. The number of aliphatic hydroxyl groups excluding tert-OH is 2. The van der Waals surface area contributed by atoms with Crippen molar-refractivity contribution in [1.29, 1.82) is 0 Å². The molecule has 2 saturated heterocycles. The Balaban J connectivity index is 0.000000137. The van der Waals surface area contributed by atoms with E-state index in [-0.39, 0.29) is 12.2 Å². The van der Waals surface area contributed by atoms with Gasteiger partial charge in [-0.3, -0.25) is 0 Å². The van der Waals surface area contributed by atoms with E-state index in [4.69, 9.17) is 9.47 Å². The van der Waals surface area contributed by atoms with Crippen molar-refractivity contribution in [2.75, 3.05) is 13.2 Å². The van der Waals surface area contributed by atoms with Gasteiger partial charge in [-0.25, -0.2) is 19.9 Å². The van der Waals surface area contributed by atoms with E-state index in [2.05, 4.69) is 39.0 Å². The fourth-order valence-corrected chi connectivity index (χ4v) is 6.29. The van der Waals surface area contributed by atoms with Crippen LogP contribution in [0.1, 0.15) is 63.4 Å². The summed E-state index contributed by atoms with van der Waals surface area (Å²) in [6.45, 7) is 6.58. The number of aliphatic hydroxyl groups is 2. The van der Waals surface area contributed by atoms with Crippen molar-refractivity contribution in [2.45, 2.75) is 77.0 Å². The van der Waals surface area contributed by atoms with E-state index in [1.54, 1.807) is 26.2 Å². The lowest BCUT2D eigenvalue weighted by Gasteiger charge is -2.15. The quantitative estimate of drug-likeness (QED) is 0.231. The minimum Gasteiger partial charge on any atom is -0.385 e. The summed E-state index contributed by atoms with van der Waals surface area (Å²) >= 11 is 0. The van der Waals surface area contributed by atoms with Gasteiger partial charge >= 0.3 is 0 Å². The Morgan fingerprint density at radius 1 is 0.786 bits per heavy atom. The van der Waals surface area contributed by atoms with Crippen molar-refractivity contribution < 1.29 is 19.7 Å². The molecule has 0 saturated carbocycles. The number of rotatable bonds is 6. The fourth-order valence-electron chi connectivity index (χ4n) is 6.29. The molecule has 8 heterocycles. The Morgan fingerprint density at radius 2 is 1.24 bits per heavy atom. The van der Waals surface area contributed by atoms with Crippen molar-refractivity contribution in [3.8, 4) is 0 Å². The molecule has 2 aliphatic heterocycles. The molecule has 12 heteroatoms. The molecular weight excluding hydrogens is 536 g/mol. The summed E-state index contributed by atoms with van der Waals surface area (Å²) < 4.78 is 15.7. The number of imidazole rings is 2. The largest absolute Gasteiger partial charge is 0.385 e. The topological polar surface area (TPSA) is 152 Å². The van der Waals surface area contributed by atoms with Gasteiger partial charge in [0.25, 0.3) is 0 Å². The second kappa shape index (κ2) is 11.1. The number of nitrogens with zero attached hydrogens (tertiary/aromatic N) is 6. The van der Waals surface area contributed by atoms with Gasteiger partial charge in [0.15, 0.2) is 0 Å². The average molecular weight is 573 g/mol. The normalized spacial score (nSPS) is 20.6. The van der Waals surface area contributed by atoms with E-state index in [1.807, 2.05) is 24.5 Å². The van der Waals surface area contributed by atoms with Crippen LogP contribution in [0.2, 0.25) is 0 Å². The Bertz CT molecular complexity index is 1700. The smallest absolute Gasteiger partial charge is 0.139 e. The Kier molecular flexibility index (Phi) is 7.14. The molecule has 220 valence electrons. The van der Waals surface area contributed by atoms with Crippen molar-refractivity contribution in [2.24, 2.45) is 0 Å². The fraction of sp³-hybridized carbons (Fsp3) is 0.467. The Morgan fingerprint density at radius 3 is 1.62 bits per heavy atom. The van der Waals surface area contributed by atoms with Crippen molar-refractivity contribution in [3.63, 3.8) is 0 Å². The molecule has 8 rings (SSSR count). The molecule has 4 atom stereocenters. The van der Waals surface area contributed by atoms with Gasteiger partial charge in [-0.05, 0) is 51.7 Å². The van der Waals surface area contributed by atoms with Crippen LogP contribution in [0.4, 0.5) is 0 Å². The Labute approximate surface area is 241 Å². The van der Waals surface area contributed by atoms with Crippen LogP contribution in [0.15, 0.2) is 36.9 Å². The summed E-state index contributed by atoms with van der Waals surface area (Å²) in [7, 11) is 0. The molecule has 12 nitrogen and oxygen atoms in total. The number of H-pyrrole nitrogens is 2. The molecule has 6 aromatic heterocycles. The van der Waals surface area contributed by atoms with Crippen LogP contribution in [0, 0.1) is 0 Å². The number of aromatic nitrogens is 8. The number of hydrogen-bond acceptors (Lipinski definition) is 8. The van der Waals surface area contributed by atoms with E-state index in [0.717, 1.165) is 96.1 Å². The number of ether oxygens (including phenoxy) is 2. The lowest BCUT2D eigenvalue weighted by Crippen LogP contribution is -2.18. The molecule has 0 unspecified atom stereocenters. The lowest BCUT2D eigenvalue weighted by molar-refractivity contribution is 0.0938. The number of pyridine rings is 2. The minimum atomic E-state index is -0.618. The second-order valence-electron chi connectivity index (χ2n) is 11.2. The maximum Gasteiger partial charge on any atom is 0.139 e. The summed E-state index contributed by atoms with van der Waals surface area (Å²) in [6.07, 6.45) is 10.7. The highest BCUT2D eigenvalue weighted by molar-refractivity contribution is 6.02. The average Bonchev–Trinajstić information content (AvgIpc) is 3.80. The third-order valence-electron chi connectivity index (χ3n) is 8.21. The van der Waals surface area contributed by atoms with Gasteiger partial charge in [-0.2, -0.15) is 0 Å². The SMILES string of the molecule is C[C@@H](O)c1nc2cnc3[nH]ccc3c2n1C[C@@H]1CCCO1.C[C@@H](O)c1nc2cnc3[nH]ccc3c2n1C[C@H]1CCCO1. The van der Waals surface area contributed by atoms with Gasteiger partial charge in [0.2, 0.25) is 0 Å². The van der Waals surface area contributed by atoms with Crippen molar-refractivity contribution >= 4 is 44.1 Å². The monoisotopic (exact) mass is 572 g/mol. The minimum absolute atomic E-state index is 0.196. The van der Waals surface area contributed by atoms with Gasteiger partial charge in [0, 0.05) is 36.4 Å². The molecule has 0 aliphatic carbocycles. The van der Waals surface area contributed by atoms with Crippen molar-refractivity contribution in [1.82, 2.24) is 39.0 Å². The standard InChI is InChI=1S/2C15H18N4O2/c2*1-9(20)15-18-12-7-17-14-11(4-5-16-14)13(12)19(15)8-10-3-2-6-21-10/h2*4-5,7,9-10,20H,2-3,6,8H2,1H3,(H,16,17)/t9-,10+;9-,10-/m11/s1. The van der Waals surface area contributed by atoms with Crippen LogP contribution in [0.3, 0.4) is 0 Å². The van der Waals surface area contributed by atoms with Gasteiger partial charge in [0.05, 0.1) is 48.7 Å². The zero-order chi connectivity index (χ0) is 28.8. The van der Waals surface area contributed by atoms with Crippen LogP contribution < -0.4 is 0 Å². The van der Waals surface area contributed by atoms with Crippen molar-refractivity contribution in [3.05, 3.63) is 48.6 Å². The van der Waals surface area contributed by atoms with E-state index in [1.165, 1.54) is 0 Å². The van der Waals surface area contributed by atoms with E-state index in [0.29, 0.717) is 11.6 Å². The number of hydrogen-bond donors (Lipinski definition) is 4. The van der Waals surface area contributed by atoms with Crippen LogP contribution in [-0.4, -0.2) is 74.7 Å². The summed E-state index contributed by atoms with van der Waals surface area (Å²) in [5.74, 6) is 1.35. The zero-order valence-electron chi connectivity index (χ0n) is 23.8. The molecule has 42 heavy (non-hydrogen) atoms. The predicted molar refractivity (Wildman–Crippen MR) is 158 cm³/mol. The molecule has 6 aromatic rings. The molecule has 4 N–H and O–H groups in total. The maximum absolute atomic E-state index is 10.0. The molecule has 2 fully saturated rings. The van der Waals surface area contributed by atoms with Crippen LogP contribution in [-0.2, 0) is 22.6 Å². The van der Waals surface area contributed by atoms with E-state index >= 15 is 0 Å². The zero-order valence-corrected chi connectivity index (χ0v) is 23.8. The highest BCUT2D eigenvalue weighted by atomic mass is 16.5. The molecule has 0 spiro atoms. The molecular formula is C30H36N8O4. The molecule has 0 radical (unpaired) electrons. The molecule has 0 aromatic carbocycles. The number of fused-ring (bicyclic) bond motifs is 6. The molecule has 0 amide bonds. The van der Waals surface area contributed by atoms with Crippen LogP contribution in [0.5, 0.6) is 0 Å². The lowest BCUT2D eigenvalue weighted by atomic mass is 10.2. The number of nitrogens with one attached hydrogen (secondary N) is 2. The van der Waals surface area contributed by atoms with Crippen LogP contribution in [0.25, 0.3) is 44.1 Å². The first kappa shape index (κ1) is 27.0. The van der Waals surface area contributed by atoms with Gasteiger partial charge in [-0.1, -0.05) is 0 Å². The van der Waals surface area contributed by atoms with E-state index in [9.17, 15) is 10.2 Å². The second-order valence-corrected chi connectivity index (χ2v) is 11.2. The van der Waals surface area contributed by atoms with Gasteiger partial charge in [0.1, 0.15) is 46.2 Å². The first-order valence-electron chi connectivity index (χ1n) is 14.7. The maximum atomic E-state index is 10.0. The Hall–Kier alpha value is -3.84. The first-order valence-corrected chi connectivity index (χ1v) is 14.7.